The summed E-state index contributed by atoms with van der Waals surface area (Å²) in [4.78, 5) is 7.06. The molecular weight excluding hydrogens is 395 g/mol. The zero-order valence-corrected chi connectivity index (χ0v) is 17.0. The lowest BCUT2D eigenvalue weighted by molar-refractivity contribution is 0.414. The third-order valence-electron chi connectivity index (χ3n) is 4.67. The Hall–Kier alpha value is -2.69. The summed E-state index contributed by atoms with van der Waals surface area (Å²) < 4.78 is 10.7. The molecule has 0 fully saturated rings. The number of benzene rings is 3. The molecule has 142 valence electrons. The van der Waals surface area contributed by atoms with Crippen LogP contribution < -0.4 is 14.4 Å². The van der Waals surface area contributed by atoms with Gasteiger partial charge < -0.3 is 14.4 Å². The molecule has 1 aliphatic heterocycles. The standard InChI is InChI=1S/C22H18Cl2N2O2/c1-27-16-6-4-15(5-7-16)26-13-21(14-3-9-18(23)19(24)11-14)25-20-10-8-17(28-2)12-22(20)26/h3-12H,13H2,1-2H3. The largest absolute Gasteiger partial charge is 0.497 e. The van der Waals surface area contributed by atoms with Gasteiger partial charge in [0.15, 0.2) is 0 Å². The highest BCUT2D eigenvalue weighted by Crippen LogP contribution is 2.41. The van der Waals surface area contributed by atoms with E-state index in [9.17, 15) is 0 Å². The Morgan fingerprint density at radius 3 is 2.21 bits per heavy atom. The summed E-state index contributed by atoms with van der Waals surface area (Å²) in [6.45, 7) is 0.588. The molecule has 0 atom stereocenters. The first kappa shape index (κ1) is 18.7. The van der Waals surface area contributed by atoms with Crippen molar-refractivity contribution in [1.29, 1.82) is 0 Å². The minimum Gasteiger partial charge on any atom is -0.497 e. The van der Waals surface area contributed by atoms with E-state index in [-0.39, 0.29) is 0 Å². The maximum atomic E-state index is 6.23. The van der Waals surface area contributed by atoms with Crippen LogP contribution in [0.4, 0.5) is 17.1 Å². The maximum absolute atomic E-state index is 6.23. The molecule has 0 spiro atoms. The van der Waals surface area contributed by atoms with Crippen molar-refractivity contribution in [3.63, 3.8) is 0 Å². The van der Waals surface area contributed by atoms with E-state index in [1.54, 1.807) is 20.3 Å². The van der Waals surface area contributed by atoms with Gasteiger partial charge in [-0.05, 0) is 54.1 Å². The first-order chi connectivity index (χ1) is 13.6. The SMILES string of the molecule is COc1ccc(N2CC(c3ccc(Cl)c(Cl)c3)=Nc3ccc(OC)cc32)cc1. The van der Waals surface area contributed by atoms with Crippen LogP contribution in [-0.2, 0) is 0 Å². The van der Waals surface area contributed by atoms with Crippen LogP contribution in [0.15, 0.2) is 65.7 Å². The molecule has 0 unspecified atom stereocenters. The lowest BCUT2D eigenvalue weighted by Crippen LogP contribution is -2.28. The number of fused-ring (bicyclic) bond motifs is 1. The van der Waals surface area contributed by atoms with Gasteiger partial charge in [0.2, 0.25) is 0 Å². The van der Waals surface area contributed by atoms with Gasteiger partial charge in [-0.2, -0.15) is 0 Å². The maximum Gasteiger partial charge on any atom is 0.121 e. The van der Waals surface area contributed by atoms with Gasteiger partial charge in [0, 0.05) is 11.8 Å². The Balaban J connectivity index is 1.82. The normalized spacial score (nSPS) is 13.0. The Kier molecular flexibility index (Phi) is 5.16. The monoisotopic (exact) mass is 412 g/mol. The number of rotatable bonds is 4. The third kappa shape index (κ3) is 3.53. The van der Waals surface area contributed by atoms with Gasteiger partial charge in [-0.15, -0.1) is 0 Å². The summed E-state index contributed by atoms with van der Waals surface area (Å²) in [6, 6.07) is 19.4. The van der Waals surface area contributed by atoms with Crippen molar-refractivity contribution in [3.05, 3.63) is 76.3 Å². The minimum atomic E-state index is 0.512. The van der Waals surface area contributed by atoms with Gasteiger partial charge in [0.1, 0.15) is 11.5 Å². The van der Waals surface area contributed by atoms with E-state index < -0.39 is 0 Å². The Labute approximate surface area is 173 Å². The summed E-state index contributed by atoms with van der Waals surface area (Å²) in [6.07, 6.45) is 0. The Morgan fingerprint density at radius 1 is 0.821 bits per heavy atom. The number of halogens is 2. The predicted octanol–water partition coefficient (Wildman–Crippen LogP) is 6.28. The lowest BCUT2D eigenvalue weighted by Gasteiger charge is -2.31. The second kappa shape index (κ2) is 7.74. The predicted molar refractivity (Wildman–Crippen MR) is 116 cm³/mol. The van der Waals surface area contributed by atoms with Crippen molar-refractivity contribution in [2.24, 2.45) is 4.99 Å². The topological polar surface area (TPSA) is 34.1 Å². The van der Waals surface area contributed by atoms with Crippen LogP contribution in [0.2, 0.25) is 10.0 Å². The number of ether oxygens (including phenoxy) is 2. The molecule has 0 radical (unpaired) electrons. The molecule has 0 aliphatic carbocycles. The van der Waals surface area contributed by atoms with Crippen LogP contribution in [-0.4, -0.2) is 26.5 Å². The molecule has 3 aromatic rings. The fourth-order valence-electron chi connectivity index (χ4n) is 3.18. The van der Waals surface area contributed by atoms with Crippen molar-refractivity contribution >= 4 is 46.0 Å². The van der Waals surface area contributed by atoms with Gasteiger partial charge in [-0.1, -0.05) is 29.3 Å². The second-order valence-corrected chi connectivity index (χ2v) is 7.14. The van der Waals surface area contributed by atoms with E-state index in [4.69, 9.17) is 37.7 Å². The van der Waals surface area contributed by atoms with Crippen LogP contribution in [0.5, 0.6) is 11.5 Å². The van der Waals surface area contributed by atoms with E-state index >= 15 is 0 Å². The van der Waals surface area contributed by atoms with Crippen molar-refractivity contribution in [3.8, 4) is 11.5 Å². The molecule has 6 heteroatoms. The number of methoxy groups -OCH3 is 2. The zero-order chi connectivity index (χ0) is 19.7. The molecule has 1 aliphatic rings. The molecule has 0 amide bonds. The van der Waals surface area contributed by atoms with Gasteiger partial charge in [-0.3, -0.25) is 0 Å². The van der Waals surface area contributed by atoms with Gasteiger partial charge >= 0.3 is 0 Å². The van der Waals surface area contributed by atoms with Gasteiger partial charge in [-0.25, -0.2) is 4.99 Å². The van der Waals surface area contributed by atoms with E-state index in [0.29, 0.717) is 16.6 Å². The van der Waals surface area contributed by atoms with Crippen LogP contribution in [0.25, 0.3) is 0 Å². The molecule has 4 rings (SSSR count). The van der Waals surface area contributed by atoms with Crippen molar-refractivity contribution in [1.82, 2.24) is 0 Å². The van der Waals surface area contributed by atoms with Gasteiger partial charge in [0.05, 0.1) is 47.9 Å². The van der Waals surface area contributed by atoms with Crippen molar-refractivity contribution in [2.75, 3.05) is 25.7 Å². The fourth-order valence-corrected chi connectivity index (χ4v) is 3.48. The molecule has 0 saturated heterocycles. The van der Waals surface area contributed by atoms with Gasteiger partial charge in [0.25, 0.3) is 0 Å². The van der Waals surface area contributed by atoms with Crippen molar-refractivity contribution in [2.45, 2.75) is 0 Å². The molecule has 0 saturated carbocycles. The molecule has 0 aromatic heterocycles. The lowest BCUT2D eigenvalue weighted by atomic mass is 10.1. The van der Waals surface area contributed by atoms with Crippen LogP contribution in [0, 0.1) is 0 Å². The number of anilines is 2. The Morgan fingerprint density at radius 2 is 1.54 bits per heavy atom. The first-order valence-corrected chi connectivity index (χ1v) is 9.47. The number of aliphatic imine (C=N–C) groups is 1. The molecule has 0 N–H and O–H groups in total. The number of hydrogen-bond acceptors (Lipinski definition) is 4. The van der Waals surface area contributed by atoms with E-state index in [0.717, 1.165) is 39.8 Å². The van der Waals surface area contributed by atoms with Crippen LogP contribution in [0.1, 0.15) is 5.56 Å². The number of nitrogens with zero attached hydrogens (tertiary/aromatic N) is 2. The second-order valence-electron chi connectivity index (χ2n) is 6.33. The smallest absolute Gasteiger partial charge is 0.121 e. The summed E-state index contributed by atoms with van der Waals surface area (Å²) >= 11 is 12.3. The summed E-state index contributed by atoms with van der Waals surface area (Å²) in [5, 5.41) is 1.04. The summed E-state index contributed by atoms with van der Waals surface area (Å²) in [5.74, 6) is 1.59. The fraction of sp³-hybridized carbons (Fsp3) is 0.136. The highest BCUT2D eigenvalue weighted by molar-refractivity contribution is 6.42. The molecule has 0 bridgehead atoms. The van der Waals surface area contributed by atoms with E-state index in [1.807, 2.05) is 54.6 Å². The molecule has 28 heavy (non-hydrogen) atoms. The highest BCUT2D eigenvalue weighted by atomic mass is 35.5. The Bertz CT molecular complexity index is 1050. The van der Waals surface area contributed by atoms with Crippen molar-refractivity contribution < 1.29 is 9.47 Å². The average Bonchev–Trinajstić information content (AvgIpc) is 2.74. The first-order valence-electron chi connectivity index (χ1n) is 8.71. The third-order valence-corrected chi connectivity index (χ3v) is 5.41. The summed E-state index contributed by atoms with van der Waals surface area (Å²) in [5.41, 5.74) is 4.72. The highest BCUT2D eigenvalue weighted by Gasteiger charge is 2.23. The van der Waals surface area contributed by atoms with E-state index in [2.05, 4.69) is 4.90 Å². The van der Waals surface area contributed by atoms with E-state index in [1.165, 1.54) is 0 Å². The van der Waals surface area contributed by atoms with Crippen LogP contribution in [0.3, 0.4) is 0 Å². The average molecular weight is 413 g/mol. The molecule has 1 heterocycles. The minimum absolute atomic E-state index is 0.512. The molecule has 4 nitrogen and oxygen atoms in total. The molecule has 3 aromatic carbocycles. The summed E-state index contributed by atoms with van der Waals surface area (Å²) in [7, 11) is 3.32. The van der Waals surface area contributed by atoms with Crippen LogP contribution >= 0.6 is 23.2 Å². The molecular formula is C22H18Cl2N2O2. The quantitative estimate of drug-likeness (QED) is 0.505. The zero-order valence-electron chi connectivity index (χ0n) is 15.4. The number of hydrogen-bond donors (Lipinski definition) is 0.